The molecule has 1 unspecified atom stereocenters. The van der Waals surface area contributed by atoms with E-state index in [0.29, 0.717) is 30.3 Å². The second-order valence-electron chi connectivity index (χ2n) is 7.21. The summed E-state index contributed by atoms with van der Waals surface area (Å²) in [6, 6.07) is 14.7. The van der Waals surface area contributed by atoms with Gasteiger partial charge >= 0.3 is 0 Å². The van der Waals surface area contributed by atoms with Crippen LogP contribution in [0, 0.1) is 0 Å². The lowest BCUT2D eigenvalue weighted by molar-refractivity contribution is -0.139. The van der Waals surface area contributed by atoms with E-state index in [4.69, 9.17) is 16.3 Å². The van der Waals surface area contributed by atoms with Gasteiger partial charge in [-0.2, -0.15) is 0 Å². The number of halogens is 1. The van der Waals surface area contributed by atoms with Crippen LogP contribution in [0.3, 0.4) is 0 Å². The molecule has 2 aromatic rings. The quantitative estimate of drug-likeness (QED) is 0.486. The Labute approximate surface area is 194 Å². The van der Waals surface area contributed by atoms with E-state index in [0.717, 1.165) is 23.3 Å². The number of ether oxygens (including phenoxy) is 1. The van der Waals surface area contributed by atoms with Crippen molar-refractivity contribution in [2.45, 2.75) is 45.0 Å². The molecule has 0 saturated carbocycles. The molecule has 1 N–H and O–H groups in total. The maximum absolute atomic E-state index is 13.2. The number of methoxy groups -OCH3 is 1. The van der Waals surface area contributed by atoms with Crippen molar-refractivity contribution in [3.63, 3.8) is 0 Å². The molecule has 168 valence electrons. The van der Waals surface area contributed by atoms with Gasteiger partial charge in [0.2, 0.25) is 11.8 Å². The second kappa shape index (κ2) is 13.3. The van der Waals surface area contributed by atoms with Crippen LogP contribution in [-0.2, 0) is 21.9 Å². The second-order valence-corrected chi connectivity index (χ2v) is 8.63. The van der Waals surface area contributed by atoms with Gasteiger partial charge in [0.15, 0.2) is 0 Å². The first kappa shape index (κ1) is 25.1. The molecule has 0 aromatic heterocycles. The summed E-state index contributed by atoms with van der Waals surface area (Å²) in [6.07, 6.45) is 1.39. The Hall–Kier alpha value is -2.18. The summed E-state index contributed by atoms with van der Waals surface area (Å²) < 4.78 is 5.31. The number of hydrogen-bond donors (Lipinski definition) is 1. The van der Waals surface area contributed by atoms with Crippen LogP contribution in [0.1, 0.15) is 37.8 Å². The van der Waals surface area contributed by atoms with E-state index < -0.39 is 6.04 Å². The number of nitrogens with one attached hydrogen (secondary N) is 1. The molecule has 31 heavy (non-hydrogen) atoms. The Bertz CT molecular complexity index is 862. The SMILES string of the molecule is CCCNC(=O)C(CC)N(Cc1cccc(OC)c1)C(=O)CSCc1cccc(Cl)c1. The smallest absolute Gasteiger partial charge is 0.242 e. The van der Waals surface area contributed by atoms with Crippen LogP contribution in [0.4, 0.5) is 0 Å². The van der Waals surface area contributed by atoms with Crippen molar-refractivity contribution in [3.05, 3.63) is 64.7 Å². The standard InChI is InChI=1S/C24H31ClN2O3S/c1-4-12-26-24(29)22(5-2)27(15-18-8-7-11-21(14-18)30-3)23(28)17-31-16-19-9-6-10-20(25)13-19/h6-11,13-14,22H,4-5,12,15-17H2,1-3H3,(H,26,29). The fraction of sp³-hybridized carbons (Fsp3) is 0.417. The molecule has 2 aromatic carbocycles. The summed E-state index contributed by atoms with van der Waals surface area (Å²) in [5, 5.41) is 3.62. The van der Waals surface area contributed by atoms with Crippen molar-refractivity contribution in [1.82, 2.24) is 10.2 Å². The largest absolute Gasteiger partial charge is 0.497 e. The molecule has 2 amide bonds. The Morgan fingerprint density at radius 3 is 2.55 bits per heavy atom. The van der Waals surface area contributed by atoms with Crippen LogP contribution in [0.2, 0.25) is 5.02 Å². The van der Waals surface area contributed by atoms with Gasteiger partial charge in [0.1, 0.15) is 11.8 Å². The maximum Gasteiger partial charge on any atom is 0.242 e. The van der Waals surface area contributed by atoms with Crippen LogP contribution in [0.25, 0.3) is 0 Å². The molecular weight excluding hydrogens is 432 g/mol. The zero-order chi connectivity index (χ0) is 22.6. The lowest BCUT2D eigenvalue weighted by atomic mass is 10.1. The molecule has 0 fully saturated rings. The lowest BCUT2D eigenvalue weighted by Gasteiger charge is -2.30. The fourth-order valence-electron chi connectivity index (χ4n) is 3.22. The van der Waals surface area contributed by atoms with E-state index in [1.807, 2.05) is 62.4 Å². The lowest BCUT2D eigenvalue weighted by Crippen LogP contribution is -2.49. The van der Waals surface area contributed by atoms with Crippen molar-refractivity contribution < 1.29 is 14.3 Å². The predicted octanol–water partition coefficient (Wildman–Crippen LogP) is 4.92. The Morgan fingerprint density at radius 1 is 1.13 bits per heavy atom. The van der Waals surface area contributed by atoms with Crippen LogP contribution in [0.15, 0.2) is 48.5 Å². The highest BCUT2D eigenvalue weighted by molar-refractivity contribution is 7.99. The van der Waals surface area contributed by atoms with Crippen molar-refractivity contribution >= 4 is 35.2 Å². The first-order chi connectivity index (χ1) is 15.0. The molecule has 7 heteroatoms. The molecule has 0 spiro atoms. The number of carbonyl (C=O) groups excluding carboxylic acids is 2. The van der Waals surface area contributed by atoms with Gasteiger partial charge in [0.25, 0.3) is 0 Å². The normalized spacial score (nSPS) is 11.6. The summed E-state index contributed by atoms with van der Waals surface area (Å²) in [5.41, 5.74) is 1.99. The molecule has 0 bridgehead atoms. The van der Waals surface area contributed by atoms with Gasteiger partial charge in [-0.15, -0.1) is 11.8 Å². The highest BCUT2D eigenvalue weighted by atomic mass is 35.5. The van der Waals surface area contributed by atoms with Gasteiger partial charge in [-0.25, -0.2) is 0 Å². The molecule has 0 aliphatic heterocycles. The van der Waals surface area contributed by atoms with Gasteiger partial charge in [-0.05, 0) is 48.2 Å². The number of thioether (sulfide) groups is 1. The van der Waals surface area contributed by atoms with Crippen molar-refractivity contribution in [3.8, 4) is 5.75 Å². The average Bonchev–Trinajstić information content (AvgIpc) is 2.77. The Balaban J connectivity index is 2.13. The summed E-state index contributed by atoms with van der Waals surface area (Å²) in [4.78, 5) is 27.7. The van der Waals surface area contributed by atoms with Crippen LogP contribution < -0.4 is 10.1 Å². The van der Waals surface area contributed by atoms with Crippen LogP contribution in [0.5, 0.6) is 5.75 Å². The van der Waals surface area contributed by atoms with E-state index in [2.05, 4.69) is 5.32 Å². The summed E-state index contributed by atoms with van der Waals surface area (Å²) in [7, 11) is 1.61. The first-order valence-electron chi connectivity index (χ1n) is 10.5. The minimum absolute atomic E-state index is 0.0617. The van der Waals surface area contributed by atoms with Gasteiger partial charge < -0.3 is 15.0 Å². The van der Waals surface area contributed by atoms with E-state index >= 15 is 0 Å². The Kier molecular flexibility index (Phi) is 10.7. The molecule has 0 saturated heterocycles. The molecule has 2 rings (SSSR count). The van der Waals surface area contributed by atoms with Crippen LogP contribution in [-0.4, -0.2) is 42.2 Å². The van der Waals surface area contributed by atoms with E-state index in [1.54, 1.807) is 12.0 Å². The molecule has 5 nitrogen and oxygen atoms in total. The topological polar surface area (TPSA) is 58.6 Å². The monoisotopic (exact) mass is 462 g/mol. The average molecular weight is 463 g/mol. The fourth-order valence-corrected chi connectivity index (χ4v) is 4.29. The number of carbonyl (C=O) groups is 2. The van der Waals surface area contributed by atoms with E-state index in [1.165, 1.54) is 11.8 Å². The molecule has 0 radical (unpaired) electrons. The number of amides is 2. The third kappa shape index (κ3) is 8.11. The predicted molar refractivity (Wildman–Crippen MR) is 129 cm³/mol. The zero-order valence-electron chi connectivity index (χ0n) is 18.4. The molecule has 1 atom stereocenters. The van der Waals surface area contributed by atoms with Crippen molar-refractivity contribution in [1.29, 1.82) is 0 Å². The Morgan fingerprint density at radius 2 is 1.87 bits per heavy atom. The first-order valence-corrected chi connectivity index (χ1v) is 12.0. The van der Waals surface area contributed by atoms with Gasteiger partial charge in [-0.3, -0.25) is 9.59 Å². The third-order valence-corrected chi connectivity index (χ3v) is 6.03. The number of nitrogens with zero attached hydrogens (tertiary/aromatic N) is 1. The van der Waals surface area contributed by atoms with Crippen molar-refractivity contribution in [2.75, 3.05) is 19.4 Å². The molecule has 0 heterocycles. The van der Waals surface area contributed by atoms with E-state index in [-0.39, 0.29) is 17.6 Å². The summed E-state index contributed by atoms with van der Waals surface area (Å²) in [6.45, 7) is 4.89. The highest BCUT2D eigenvalue weighted by Crippen LogP contribution is 2.20. The minimum Gasteiger partial charge on any atom is -0.497 e. The highest BCUT2D eigenvalue weighted by Gasteiger charge is 2.28. The van der Waals surface area contributed by atoms with E-state index in [9.17, 15) is 9.59 Å². The van der Waals surface area contributed by atoms with Crippen molar-refractivity contribution in [2.24, 2.45) is 0 Å². The van der Waals surface area contributed by atoms with Gasteiger partial charge in [0.05, 0.1) is 12.9 Å². The summed E-state index contributed by atoms with van der Waals surface area (Å²) in [5.74, 6) is 1.52. The maximum atomic E-state index is 13.2. The molecular formula is C24H31ClN2O3S. The third-order valence-electron chi connectivity index (χ3n) is 4.81. The van der Waals surface area contributed by atoms with Crippen LogP contribution >= 0.6 is 23.4 Å². The number of benzene rings is 2. The summed E-state index contributed by atoms with van der Waals surface area (Å²) >= 11 is 7.57. The molecule has 0 aliphatic rings. The van der Waals surface area contributed by atoms with Gasteiger partial charge in [0, 0.05) is 23.9 Å². The minimum atomic E-state index is -0.517. The van der Waals surface area contributed by atoms with Gasteiger partial charge in [-0.1, -0.05) is 49.7 Å². The zero-order valence-corrected chi connectivity index (χ0v) is 20.0. The number of hydrogen-bond acceptors (Lipinski definition) is 4. The molecule has 0 aliphatic carbocycles. The number of rotatable bonds is 12.